The maximum Gasteiger partial charge on any atom is 2.00 e. The van der Waals surface area contributed by atoms with Crippen LogP contribution in [-0.4, -0.2) is 31.7 Å². The molecule has 0 amide bonds. The topological polar surface area (TPSA) is 25.8 Å². The first-order chi connectivity index (χ1) is 32.7. The van der Waals surface area contributed by atoms with Crippen molar-refractivity contribution in [3.63, 3.8) is 0 Å². The minimum atomic E-state index is -3.40. The summed E-state index contributed by atoms with van der Waals surface area (Å²) in [6, 6.07) is 68.5. The zero-order valence-electron chi connectivity index (χ0n) is 38.7. The van der Waals surface area contributed by atoms with Gasteiger partial charge in [0.25, 0.3) is 0 Å². The molecule has 0 saturated carbocycles. The van der Waals surface area contributed by atoms with E-state index in [-0.39, 0.29) is 21.1 Å². The van der Waals surface area contributed by atoms with Gasteiger partial charge in [0.15, 0.2) is 0 Å². The van der Waals surface area contributed by atoms with Crippen molar-refractivity contribution in [1.82, 2.24) is 9.97 Å². The van der Waals surface area contributed by atoms with Gasteiger partial charge in [-0.15, -0.1) is 0 Å². The number of benzene rings is 7. The molecule has 0 atom stereocenters. The van der Waals surface area contributed by atoms with Gasteiger partial charge in [0, 0.05) is 0 Å². The maximum absolute atomic E-state index is 5.20. The smallest absolute Gasteiger partial charge is 2.00 e. The maximum atomic E-state index is 5.20. The molecule has 0 aliphatic heterocycles. The first-order valence-electron chi connectivity index (χ1n) is 22.7. The zero-order valence-corrected chi connectivity index (χ0v) is 46.1. The van der Waals surface area contributed by atoms with E-state index in [1.807, 2.05) is 35.1 Å². The minimum Gasteiger partial charge on any atom is 2.00 e. The Kier molecular flexibility index (Phi) is 13.1. The third kappa shape index (κ3) is 8.69. The molecule has 0 spiro atoms. The fourth-order valence-electron chi connectivity index (χ4n) is 9.74. The van der Waals surface area contributed by atoms with E-state index in [2.05, 4.69) is 217 Å². The van der Waals surface area contributed by atoms with Crippen LogP contribution in [0.2, 0.25) is 0 Å². The molecule has 11 rings (SSSR count). The Labute approximate surface area is 430 Å². The molecule has 0 radical (unpaired) electrons. The van der Waals surface area contributed by atoms with Crippen molar-refractivity contribution in [2.24, 2.45) is 0 Å². The third-order valence-corrected chi connectivity index (χ3v) is 25.3. The second kappa shape index (κ2) is 19.4. The van der Waals surface area contributed by atoms with Gasteiger partial charge in [-0.1, -0.05) is 0 Å². The van der Waals surface area contributed by atoms with Crippen LogP contribution in [0.5, 0.6) is 0 Å². The molecule has 0 bridgehead atoms. The van der Waals surface area contributed by atoms with Crippen LogP contribution in [0.4, 0.5) is 0 Å². The van der Waals surface area contributed by atoms with E-state index in [1.165, 1.54) is 95.7 Å². The monoisotopic (exact) mass is 1290 g/mol. The number of hydrogen-bond donors (Lipinski definition) is 0. The number of fused-ring (bicyclic) bond motifs is 2. The van der Waals surface area contributed by atoms with Crippen molar-refractivity contribution in [2.45, 2.75) is 41.5 Å². The van der Waals surface area contributed by atoms with Gasteiger partial charge in [-0.25, -0.2) is 0 Å². The van der Waals surface area contributed by atoms with Crippen LogP contribution in [0.15, 0.2) is 176 Å². The molecule has 0 aliphatic rings. The van der Waals surface area contributed by atoms with Gasteiger partial charge in [0.2, 0.25) is 0 Å². The van der Waals surface area contributed by atoms with E-state index in [4.69, 9.17) is 9.97 Å². The number of aromatic nitrogens is 2. The molecule has 4 heterocycles. The number of aryl methyl sites for hydroxylation is 6. The fourth-order valence-corrected chi connectivity index (χ4v) is 22.3. The van der Waals surface area contributed by atoms with Crippen LogP contribution in [0.3, 0.4) is 0 Å². The van der Waals surface area contributed by atoms with Crippen molar-refractivity contribution in [1.29, 1.82) is 0 Å². The summed E-state index contributed by atoms with van der Waals surface area (Å²) in [6.45, 7) is 13.4. The Morgan fingerprint density at radius 2 is 0.779 bits per heavy atom. The summed E-state index contributed by atoms with van der Waals surface area (Å²) in [7, 11) is 0. The van der Waals surface area contributed by atoms with Gasteiger partial charge in [-0.05, 0) is 0 Å². The molecule has 6 heteroatoms. The van der Waals surface area contributed by atoms with Crippen molar-refractivity contribution >= 4 is 74.4 Å². The molecule has 0 N–H and O–H groups in total. The van der Waals surface area contributed by atoms with Crippen molar-refractivity contribution < 1.29 is 21.1 Å². The van der Waals surface area contributed by atoms with Crippen LogP contribution in [0.1, 0.15) is 33.4 Å². The van der Waals surface area contributed by atoms with E-state index < -0.39 is 21.8 Å². The molecule has 0 unspecified atom stereocenters. The average molecular weight is 1290 g/mol. The third-order valence-electron chi connectivity index (χ3n) is 12.9. The second-order valence-electron chi connectivity index (χ2n) is 17.5. The summed E-state index contributed by atoms with van der Waals surface area (Å²) in [5, 5.41) is 2.32. The molecular formula is C62H47BiN2PtS2. The summed E-state index contributed by atoms with van der Waals surface area (Å²) in [5.74, 6) is 0. The number of pyridine rings is 2. The predicted octanol–water partition coefficient (Wildman–Crippen LogP) is 14.9. The molecule has 0 aliphatic carbocycles. The number of hydrogen-bond acceptors (Lipinski definition) is 4. The van der Waals surface area contributed by atoms with Crippen molar-refractivity contribution in [3.8, 4) is 65.6 Å². The molecule has 68 heavy (non-hydrogen) atoms. The van der Waals surface area contributed by atoms with E-state index in [0.29, 0.717) is 0 Å². The average Bonchev–Trinajstić information content (AvgIpc) is 3.98. The summed E-state index contributed by atoms with van der Waals surface area (Å²) in [5.41, 5.74) is 19.0. The standard InChI is InChI=1S/2C27H19NS.C8H9.Bi.Pt/c2*1-18-8-6-9-19(2)26(18)25-17-23-24(29-25)14-15-28-27(23)22-13-7-12-21(16-22)20-10-4-3-5-11-20;1-7-4-3-5-8(2)6-7;;/h2*3-6,8-12,14-17H,1-2H3;3-5H,1-2H3;;/q2*-1;;;+2. The van der Waals surface area contributed by atoms with Crippen LogP contribution in [-0.2, 0) is 21.1 Å². The minimum absolute atomic E-state index is 0. The molecule has 0 saturated heterocycles. The van der Waals surface area contributed by atoms with Gasteiger partial charge < -0.3 is 0 Å². The van der Waals surface area contributed by atoms with Crippen LogP contribution >= 0.6 is 22.7 Å². The summed E-state index contributed by atoms with van der Waals surface area (Å²) < 4.78 is 6.43. The number of thiophene rings is 2. The first kappa shape index (κ1) is 46.1. The van der Waals surface area contributed by atoms with Gasteiger partial charge in [0.05, 0.1) is 0 Å². The largest absolute Gasteiger partial charge is 2.00 e. The summed E-state index contributed by atoms with van der Waals surface area (Å²) in [6.07, 6.45) is 3.95. The molecule has 11 aromatic rings. The van der Waals surface area contributed by atoms with Crippen molar-refractivity contribution in [3.05, 3.63) is 222 Å². The van der Waals surface area contributed by atoms with Gasteiger partial charge in [-0.3, -0.25) is 0 Å². The van der Waals surface area contributed by atoms with E-state index in [0.717, 1.165) is 33.3 Å². The van der Waals surface area contributed by atoms with Crippen LogP contribution in [0, 0.1) is 53.7 Å². The van der Waals surface area contributed by atoms with E-state index in [1.54, 1.807) is 0 Å². The number of rotatable bonds is 9. The zero-order chi connectivity index (χ0) is 45.8. The molecular weight excluding hydrogens is 1240 g/mol. The number of nitrogens with zero attached hydrogens (tertiary/aromatic N) is 2. The van der Waals surface area contributed by atoms with E-state index >= 15 is 0 Å². The Morgan fingerprint density at radius 3 is 1.18 bits per heavy atom. The summed E-state index contributed by atoms with van der Waals surface area (Å²) >= 11 is 0.289. The molecule has 2 nitrogen and oxygen atoms in total. The van der Waals surface area contributed by atoms with Crippen LogP contribution in [0.25, 0.3) is 85.8 Å². The van der Waals surface area contributed by atoms with Gasteiger partial charge >= 0.3 is 434 Å². The fraction of sp³-hybridized carbons (Fsp3) is 0.0968. The summed E-state index contributed by atoms with van der Waals surface area (Å²) in [4.78, 5) is 12.9. The van der Waals surface area contributed by atoms with Crippen LogP contribution < -0.4 is 9.81 Å². The SMILES string of the molecule is Cc1cccc(C)c1-c1cc2c(-c3[c-][c]([Bi]([c]4[c-]c(-c5nccc6sc(-c7c(C)cccc7C)cc56)cc(-c5ccccc5)c4)[c]4c(C)cccc4C)cc(-c4ccccc4)c3)nccc2s1.[Pt+2]. The predicted molar refractivity (Wildman–Crippen MR) is 289 cm³/mol. The molecule has 7 aromatic carbocycles. The molecule has 0 fully saturated rings. The Bertz CT molecular complexity index is 3390. The van der Waals surface area contributed by atoms with Gasteiger partial charge in [0.1, 0.15) is 0 Å². The Morgan fingerprint density at radius 1 is 0.397 bits per heavy atom. The van der Waals surface area contributed by atoms with Gasteiger partial charge in [-0.2, -0.15) is 0 Å². The Hall–Kier alpha value is -5.67. The first-order valence-corrected chi connectivity index (χ1v) is 29.6. The normalized spacial score (nSPS) is 11.4. The molecule has 4 aromatic heterocycles. The van der Waals surface area contributed by atoms with E-state index in [9.17, 15) is 0 Å². The Balaban J connectivity index is 0.00000539. The molecule has 332 valence electrons. The second-order valence-corrected chi connectivity index (χ2v) is 27.8. The van der Waals surface area contributed by atoms with Crippen molar-refractivity contribution in [2.75, 3.05) is 0 Å². The quantitative estimate of drug-likeness (QED) is 0.106.